The van der Waals surface area contributed by atoms with Crippen LogP contribution in [0.2, 0.25) is 0 Å². The third-order valence-corrected chi connectivity index (χ3v) is 6.81. The molecule has 0 spiro atoms. The number of aromatic nitrogens is 2. The monoisotopic (exact) mass is 765 g/mol. The van der Waals surface area contributed by atoms with Crippen LogP contribution in [0.25, 0.3) is 55.2 Å². The fourth-order valence-corrected chi connectivity index (χ4v) is 4.88. The zero-order chi connectivity index (χ0) is 36.9. The van der Waals surface area contributed by atoms with Gasteiger partial charge in [0.05, 0.1) is 5.58 Å². The van der Waals surface area contributed by atoms with Crippen LogP contribution < -0.4 is 0 Å². The summed E-state index contributed by atoms with van der Waals surface area (Å²) in [5.74, 6) is -0.368. The Morgan fingerprint density at radius 2 is 1.66 bits per heavy atom. The van der Waals surface area contributed by atoms with Gasteiger partial charge >= 0.3 is 0 Å². The van der Waals surface area contributed by atoms with Gasteiger partial charge in [-0.25, -0.2) is 0 Å². The van der Waals surface area contributed by atoms with Crippen LogP contribution in [0.5, 0.6) is 0 Å². The van der Waals surface area contributed by atoms with E-state index in [1.165, 1.54) is 30.6 Å². The van der Waals surface area contributed by atoms with Crippen molar-refractivity contribution in [3.63, 3.8) is 0 Å². The van der Waals surface area contributed by atoms with Gasteiger partial charge in [-0.05, 0) is 53.4 Å². The molecular formula is C39H33FIrN2O-2. The fourth-order valence-electron chi connectivity index (χ4n) is 4.88. The molecule has 0 saturated carbocycles. The molecule has 0 aliphatic carbocycles. The van der Waals surface area contributed by atoms with Crippen molar-refractivity contribution in [3.8, 4) is 22.5 Å². The average Bonchev–Trinajstić information content (AvgIpc) is 3.47. The van der Waals surface area contributed by atoms with E-state index in [4.69, 9.17) is 15.4 Å². The van der Waals surface area contributed by atoms with Crippen LogP contribution in [0, 0.1) is 37.1 Å². The third-order valence-electron chi connectivity index (χ3n) is 6.81. The second-order valence-electron chi connectivity index (χ2n) is 11.2. The molecule has 0 amide bonds. The first kappa shape index (κ1) is 22.3. The van der Waals surface area contributed by atoms with Crippen molar-refractivity contribution >= 4 is 32.7 Å². The molecule has 0 N–H and O–H groups in total. The van der Waals surface area contributed by atoms with Gasteiger partial charge in [0, 0.05) is 60.1 Å². The molecule has 0 saturated heterocycles. The van der Waals surface area contributed by atoms with Crippen molar-refractivity contribution in [2.45, 2.75) is 40.8 Å². The molecule has 7 rings (SSSR count). The van der Waals surface area contributed by atoms with Crippen molar-refractivity contribution in [2.75, 3.05) is 0 Å². The summed E-state index contributed by atoms with van der Waals surface area (Å²) in [7, 11) is 0. The van der Waals surface area contributed by atoms with E-state index in [-0.39, 0.29) is 42.6 Å². The number of pyridine rings is 2. The number of nitrogens with zero attached hydrogens (tertiary/aromatic N) is 2. The Labute approximate surface area is 282 Å². The topological polar surface area (TPSA) is 38.9 Å². The van der Waals surface area contributed by atoms with E-state index in [1.54, 1.807) is 45.0 Å². The summed E-state index contributed by atoms with van der Waals surface area (Å²) < 4.78 is 82.2. The van der Waals surface area contributed by atoms with Gasteiger partial charge in [-0.2, -0.15) is 0 Å². The Hall–Kier alpha value is -4.18. The van der Waals surface area contributed by atoms with Crippen molar-refractivity contribution < 1.29 is 39.9 Å². The van der Waals surface area contributed by atoms with Crippen molar-refractivity contribution in [1.29, 1.82) is 0 Å². The van der Waals surface area contributed by atoms with Crippen molar-refractivity contribution in [2.24, 2.45) is 5.41 Å². The normalized spacial score (nSPS) is 14.9. The number of benzene rings is 4. The summed E-state index contributed by atoms with van der Waals surface area (Å²) >= 11 is 0. The van der Waals surface area contributed by atoms with Gasteiger partial charge < -0.3 is 14.4 Å². The number of rotatable bonds is 3. The van der Waals surface area contributed by atoms with Gasteiger partial charge in [-0.1, -0.05) is 91.9 Å². The minimum absolute atomic E-state index is 0. The molecule has 7 aromatic rings. The summed E-state index contributed by atoms with van der Waals surface area (Å²) in [6.07, 6.45) is 0.665. The molecule has 1 radical (unpaired) electrons. The van der Waals surface area contributed by atoms with Gasteiger partial charge in [-0.3, -0.25) is 4.39 Å². The van der Waals surface area contributed by atoms with Crippen LogP contribution in [-0.4, -0.2) is 9.97 Å². The minimum atomic E-state index is -2.49. The zero-order valence-electron chi connectivity index (χ0n) is 32.3. The largest absolute Gasteiger partial charge is 0.500 e. The summed E-state index contributed by atoms with van der Waals surface area (Å²) in [5, 5.41) is 3.93. The third kappa shape index (κ3) is 6.65. The second kappa shape index (κ2) is 12.8. The Kier molecular flexibility index (Phi) is 6.51. The Morgan fingerprint density at radius 3 is 2.39 bits per heavy atom. The second-order valence-corrected chi connectivity index (χ2v) is 11.2. The van der Waals surface area contributed by atoms with Crippen LogP contribution in [-0.2, 0) is 26.5 Å². The molecule has 223 valence electrons. The van der Waals surface area contributed by atoms with E-state index in [2.05, 4.69) is 28.2 Å². The molecule has 3 heterocycles. The number of hydrogen-bond acceptors (Lipinski definition) is 3. The first-order valence-corrected chi connectivity index (χ1v) is 13.8. The summed E-state index contributed by atoms with van der Waals surface area (Å²) in [6, 6.07) is 30.4. The standard InChI is InChI=1S/C27H24NO.C12H9FN.Ir/c1-17-16-28-24(14-19(17)15-27(2,3)4)23-11-7-10-21-22-13-12-18-8-5-6-9-20(18)25(22)29-26(21)23;1-9-2-7-12(14-8-9)10-3-5-11(13)6-4-10;/h5-10,12-14,16H,15H2,1-4H3;2-3,5-8H,1H3;/q2*-1;/i1D3,15D2;1D3;. The van der Waals surface area contributed by atoms with Gasteiger partial charge in [-0.15, -0.1) is 48.0 Å². The van der Waals surface area contributed by atoms with Crippen molar-refractivity contribution in [3.05, 3.63) is 132 Å². The predicted octanol–water partition coefficient (Wildman–Crippen LogP) is 10.5. The zero-order valence-corrected chi connectivity index (χ0v) is 26.6. The maximum absolute atomic E-state index is 12.7. The number of halogens is 1. The van der Waals surface area contributed by atoms with Gasteiger partial charge in [0.25, 0.3) is 0 Å². The van der Waals surface area contributed by atoms with Gasteiger partial charge in [0.2, 0.25) is 0 Å². The molecule has 0 aliphatic rings. The number of hydrogen-bond donors (Lipinski definition) is 0. The van der Waals surface area contributed by atoms with E-state index in [1.807, 2.05) is 36.4 Å². The average molecular weight is 765 g/mol. The Bertz CT molecular complexity index is 2360. The molecule has 3 nitrogen and oxygen atoms in total. The number of aryl methyl sites for hydroxylation is 2. The maximum atomic E-state index is 12.7. The van der Waals surface area contributed by atoms with Gasteiger partial charge in [0.15, 0.2) is 0 Å². The van der Waals surface area contributed by atoms with Crippen molar-refractivity contribution in [1.82, 2.24) is 9.97 Å². The smallest absolute Gasteiger partial charge is 0.128 e. The van der Waals surface area contributed by atoms with Crippen LogP contribution in [0.3, 0.4) is 0 Å². The molecule has 5 heteroatoms. The van der Waals surface area contributed by atoms with Gasteiger partial charge in [0.1, 0.15) is 5.58 Å². The molecule has 4 aromatic carbocycles. The Morgan fingerprint density at radius 1 is 0.841 bits per heavy atom. The molecule has 0 aliphatic heterocycles. The van der Waals surface area contributed by atoms with E-state index >= 15 is 0 Å². The van der Waals surface area contributed by atoms with E-state index in [0.29, 0.717) is 28.1 Å². The fraction of sp³-hybridized carbons (Fsp3) is 0.179. The van der Waals surface area contributed by atoms with Crippen LogP contribution >= 0.6 is 0 Å². The van der Waals surface area contributed by atoms with E-state index in [0.717, 1.165) is 27.1 Å². The maximum Gasteiger partial charge on any atom is 0.128 e. The first-order valence-electron chi connectivity index (χ1n) is 17.8. The summed E-state index contributed by atoms with van der Waals surface area (Å²) in [5.41, 5.74) is 2.91. The van der Waals surface area contributed by atoms with E-state index < -0.39 is 25.5 Å². The molecule has 0 fully saturated rings. The quantitative estimate of drug-likeness (QED) is 0.168. The Balaban J connectivity index is 0.000000245. The first-order chi connectivity index (χ1) is 23.9. The molecule has 3 aromatic heterocycles. The summed E-state index contributed by atoms with van der Waals surface area (Å²) in [6.45, 7) is 0.625. The van der Waals surface area contributed by atoms with Crippen LogP contribution in [0.15, 0.2) is 102 Å². The van der Waals surface area contributed by atoms with E-state index in [9.17, 15) is 4.39 Å². The molecule has 0 unspecified atom stereocenters. The minimum Gasteiger partial charge on any atom is -0.500 e. The summed E-state index contributed by atoms with van der Waals surface area (Å²) in [4.78, 5) is 8.47. The van der Waals surface area contributed by atoms with Crippen LogP contribution in [0.1, 0.15) is 48.4 Å². The van der Waals surface area contributed by atoms with Crippen LogP contribution in [0.4, 0.5) is 4.39 Å². The molecule has 0 atom stereocenters. The molecule has 0 bridgehead atoms. The predicted molar refractivity (Wildman–Crippen MR) is 174 cm³/mol. The molecular weight excluding hydrogens is 724 g/mol. The SMILES string of the molecule is [2H]C([2H])([2H])c1ccc(-c2[c-]cc(F)cc2)nc1.[2H]C([2H])([2H])c1cnc(-c2[c-]ccc3c2oc2c4ccccc4ccc32)cc1C([2H])([2H])C(C)(C)C.[Ir]. The molecule has 44 heavy (non-hydrogen) atoms. The number of furan rings is 1. The number of fused-ring (bicyclic) bond motifs is 5.